The fourth-order valence-corrected chi connectivity index (χ4v) is 3.60. The van der Waals surface area contributed by atoms with E-state index < -0.39 is 0 Å². The highest BCUT2D eigenvalue weighted by Crippen LogP contribution is 2.20. The van der Waals surface area contributed by atoms with Gasteiger partial charge in [0.25, 0.3) is 5.56 Å². The smallest absolute Gasteiger partial charge is 0.274 e. The highest BCUT2D eigenvalue weighted by atomic mass is 16.5. The first-order valence-electron chi connectivity index (χ1n) is 10.5. The summed E-state index contributed by atoms with van der Waals surface area (Å²) in [6.45, 7) is 3.12. The lowest BCUT2D eigenvalue weighted by Gasteiger charge is -2.11. The first-order valence-corrected chi connectivity index (χ1v) is 10.5. The van der Waals surface area contributed by atoms with Crippen molar-refractivity contribution in [2.75, 3.05) is 0 Å². The molecule has 0 fully saturated rings. The number of aryl methyl sites for hydroxylation is 1. The van der Waals surface area contributed by atoms with Gasteiger partial charge in [-0.1, -0.05) is 49.7 Å². The SMILES string of the molecule is CCCCc1nc2cc[nH]c(=O)c2n1Cc1ccc(COc2ccccc2C#N)cc1. The molecule has 0 radical (unpaired) electrons. The summed E-state index contributed by atoms with van der Waals surface area (Å²) in [5.74, 6) is 1.52. The maximum atomic E-state index is 12.4. The minimum Gasteiger partial charge on any atom is -0.488 e. The van der Waals surface area contributed by atoms with Crippen molar-refractivity contribution in [3.63, 3.8) is 0 Å². The molecule has 0 aliphatic heterocycles. The zero-order valence-electron chi connectivity index (χ0n) is 17.5. The molecule has 0 aliphatic rings. The summed E-state index contributed by atoms with van der Waals surface area (Å²) in [5, 5.41) is 9.18. The number of H-pyrrole nitrogens is 1. The summed E-state index contributed by atoms with van der Waals surface area (Å²) in [4.78, 5) is 19.9. The summed E-state index contributed by atoms with van der Waals surface area (Å²) in [6, 6.07) is 19.3. The molecule has 0 aliphatic carbocycles. The summed E-state index contributed by atoms with van der Waals surface area (Å²) in [5.41, 5.74) is 3.85. The van der Waals surface area contributed by atoms with E-state index in [1.165, 1.54) is 0 Å². The number of unbranched alkanes of at least 4 members (excludes halogenated alkanes) is 1. The van der Waals surface area contributed by atoms with E-state index in [0.717, 1.165) is 41.7 Å². The van der Waals surface area contributed by atoms with Crippen molar-refractivity contribution in [3.05, 3.63) is 93.7 Å². The van der Waals surface area contributed by atoms with Gasteiger partial charge in [-0.2, -0.15) is 5.26 Å². The Balaban J connectivity index is 1.53. The van der Waals surface area contributed by atoms with Crippen LogP contribution in [0.3, 0.4) is 0 Å². The lowest BCUT2D eigenvalue weighted by Crippen LogP contribution is -2.13. The van der Waals surface area contributed by atoms with Crippen LogP contribution < -0.4 is 10.3 Å². The molecule has 1 N–H and O–H groups in total. The number of hydrogen-bond acceptors (Lipinski definition) is 4. The Hall–Kier alpha value is -3.85. The van der Waals surface area contributed by atoms with Crippen LogP contribution in [0.4, 0.5) is 0 Å². The third-order valence-corrected chi connectivity index (χ3v) is 5.26. The number of benzene rings is 2. The molecule has 0 saturated heterocycles. The number of rotatable bonds is 8. The molecular weight excluding hydrogens is 388 g/mol. The lowest BCUT2D eigenvalue weighted by molar-refractivity contribution is 0.305. The minimum absolute atomic E-state index is 0.117. The predicted octanol–water partition coefficient (Wildman–Crippen LogP) is 4.57. The fraction of sp³-hybridized carbons (Fsp3) is 0.240. The van der Waals surface area contributed by atoms with Gasteiger partial charge in [0.1, 0.15) is 29.8 Å². The molecule has 0 unspecified atom stereocenters. The van der Waals surface area contributed by atoms with Gasteiger partial charge in [-0.05, 0) is 35.7 Å². The van der Waals surface area contributed by atoms with Crippen LogP contribution in [0.2, 0.25) is 0 Å². The molecule has 2 aromatic heterocycles. The van der Waals surface area contributed by atoms with Gasteiger partial charge >= 0.3 is 0 Å². The van der Waals surface area contributed by atoms with E-state index >= 15 is 0 Å². The third-order valence-electron chi connectivity index (χ3n) is 5.26. The number of aromatic nitrogens is 3. The van der Waals surface area contributed by atoms with Crippen LogP contribution >= 0.6 is 0 Å². The van der Waals surface area contributed by atoms with Crippen molar-refractivity contribution in [2.45, 2.75) is 39.3 Å². The molecule has 0 spiro atoms. The van der Waals surface area contributed by atoms with Crippen molar-refractivity contribution >= 4 is 11.0 Å². The maximum absolute atomic E-state index is 12.4. The summed E-state index contributed by atoms with van der Waals surface area (Å²) >= 11 is 0. The Morgan fingerprint density at radius 1 is 1.10 bits per heavy atom. The van der Waals surface area contributed by atoms with Crippen LogP contribution in [0.5, 0.6) is 5.75 Å². The van der Waals surface area contributed by atoms with E-state index in [1.807, 2.05) is 47.0 Å². The van der Waals surface area contributed by atoms with E-state index in [2.05, 4.69) is 18.0 Å². The topological polar surface area (TPSA) is 83.7 Å². The van der Waals surface area contributed by atoms with E-state index in [-0.39, 0.29) is 5.56 Å². The number of hydrogen-bond donors (Lipinski definition) is 1. The van der Waals surface area contributed by atoms with Gasteiger partial charge in [0.15, 0.2) is 0 Å². The van der Waals surface area contributed by atoms with Gasteiger partial charge in [-0.25, -0.2) is 4.98 Å². The predicted molar refractivity (Wildman–Crippen MR) is 120 cm³/mol. The second-order valence-electron chi connectivity index (χ2n) is 7.47. The molecule has 31 heavy (non-hydrogen) atoms. The average molecular weight is 412 g/mol. The normalized spacial score (nSPS) is 10.8. The van der Waals surface area contributed by atoms with Crippen LogP contribution in [0.1, 0.15) is 42.3 Å². The number of para-hydroxylation sites is 1. The van der Waals surface area contributed by atoms with Gasteiger partial charge in [0.05, 0.1) is 11.1 Å². The zero-order chi connectivity index (χ0) is 21.6. The zero-order valence-corrected chi connectivity index (χ0v) is 17.5. The van der Waals surface area contributed by atoms with Crippen molar-refractivity contribution in [1.82, 2.24) is 14.5 Å². The first-order chi connectivity index (χ1) is 15.2. The van der Waals surface area contributed by atoms with Crippen LogP contribution in [0.25, 0.3) is 11.0 Å². The van der Waals surface area contributed by atoms with Crippen molar-refractivity contribution in [1.29, 1.82) is 5.26 Å². The summed E-state index contributed by atoms with van der Waals surface area (Å²) in [6.07, 6.45) is 4.59. The second kappa shape index (κ2) is 9.31. The number of nitrogens with zero attached hydrogens (tertiary/aromatic N) is 3. The van der Waals surface area contributed by atoms with Gasteiger partial charge in [0, 0.05) is 19.2 Å². The quantitative estimate of drug-likeness (QED) is 0.460. The van der Waals surface area contributed by atoms with Gasteiger partial charge in [0.2, 0.25) is 0 Å². The van der Waals surface area contributed by atoms with Crippen LogP contribution in [-0.4, -0.2) is 14.5 Å². The second-order valence-corrected chi connectivity index (χ2v) is 7.47. The van der Waals surface area contributed by atoms with E-state index in [1.54, 1.807) is 18.3 Å². The largest absolute Gasteiger partial charge is 0.488 e. The maximum Gasteiger partial charge on any atom is 0.274 e. The highest BCUT2D eigenvalue weighted by molar-refractivity contribution is 5.74. The molecule has 4 rings (SSSR count). The lowest BCUT2D eigenvalue weighted by atomic mass is 10.1. The molecule has 0 bridgehead atoms. The molecule has 0 amide bonds. The van der Waals surface area contributed by atoms with Gasteiger partial charge in [-0.15, -0.1) is 0 Å². The highest BCUT2D eigenvalue weighted by Gasteiger charge is 2.14. The Bertz CT molecular complexity index is 1280. The Kier molecular flexibility index (Phi) is 6.13. The van der Waals surface area contributed by atoms with Crippen LogP contribution in [0.15, 0.2) is 65.6 Å². The summed E-state index contributed by atoms with van der Waals surface area (Å²) in [7, 11) is 0. The van der Waals surface area contributed by atoms with Crippen molar-refractivity contribution < 1.29 is 4.74 Å². The van der Waals surface area contributed by atoms with Crippen LogP contribution in [-0.2, 0) is 19.6 Å². The molecule has 0 saturated carbocycles. The Morgan fingerprint density at radius 2 is 1.87 bits per heavy atom. The molecule has 4 aromatic rings. The fourth-order valence-electron chi connectivity index (χ4n) is 3.60. The monoisotopic (exact) mass is 412 g/mol. The molecule has 156 valence electrons. The number of imidazole rings is 1. The number of ether oxygens (including phenoxy) is 1. The number of nitrogens with one attached hydrogen (secondary N) is 1. The van der Waals surface area contributed by atoms with E-state index in [9.17, 15) is 10.1 Å². The number of fused-ring (bicyclic) bond motifs is 1. The molecule has 6 nitrogen and oxygen atoms in total. The van der Waals surface area contributed by atoms with Crippen molar-refractivity contribution in [2.24, 2.45) is 0 Å². The molecular formula is C25H24N4O2. The van der Waals surface area contributed by atoms with Gasteiger partial charge < -0.3 is 14.3 Å². The standard InChI is InChI=1S/C25H24N4O2/c1-2-3-8-23-28-21-13-14-27-25(30)24(21)29(23)16-18-9-11-19(12-10-18)17-31-22-7-5-4-6-20(22)15-26/h4-7,9-14H,2-3,8,16-17H2,1H3,(H,27,30). The van der Waals surface area contributed by atoms with Crippen molar-refractivity contribution in [3.8, 4) is 11.8 Å². The van der Waals surface area contributed by atoms with Gasteiger partial charge in [-0.3, -0.25) is 4.79 Å². The third kappa shape index (κ3) is 4.51. The number of aromatic amines is 1. The molecule has 2 aromatic carbocycles. The molecule has 0 atom stereocenters. The Morgan fingerprint density at radius 3 is 2.65 bits per heavy atom. The number of nitriles is 1. The molecule has 2 heterocycles. The Labute approximate surface area is 180 Å². The first kappa shape index (κ1) is 20.4. The summed E-state index contributed by atoms with van der Waals surface area (Å²) < 4.78 is 7.84. The number of pyridine rings is 1. The molecule has 6 heteroatoms. The van der Waals surface area contributed by atoms with E-state index in [0.29, 0.717) is 30.0 Å². The minimum atomic E-state index is -0.117. The van der Waals surface area contributed by atoms with E-state index in [4.69, 9.17) is 9.72 Å². The average Bonchev–Trinajstić information content (AvgIpc) is 3.15. The van der Waals surface area contributed by atoms with Crippen LogP contribution in [0, 0.1) is 11.3 Å².